The van der Waals surface area contributed by atoms with Crippen molar-refractivity contribution in [3.8, 4) is 0 Å². The number of ether oxygens (including phenoxy) is 1. The minimum Gasteiger partial charge on any atom is -0.361 e. The molecule has 0 saturated carbocycles. The van der Waals surface area contributed by atoms with Crippen LogP contribution in [0.5, 0.6) is 0 Å². The largest absolute Gasteiger partial charge is 0.361 e. The molecule has 1 saturated heterocycles. The van der Waals surface area contributed by atoms with Crippen molar-refractivity contribution in [3.05, 3.63) is 65.7 Å². The molecule has 4 rings (SSSR count). The van der Waals surface area contributed by atoms with Crippen molar-refractivity contribution >= 4 is 21.5 Å². The summed E-state index contributed by atoms with van der Waals surface area (Å²) in [6.45, 7) is 4.02. The highest BCUT2D eigenvalue weighted by Crippen LogP contribution is 2.35. The van der Waals surface area contributed by atoms with Gasteiger partial charge in [0.1, 0.15) is 5.71 Å². The van der Waals surface area contributed by atoms with Gasteiger partial charge in [-0.2, -0.15) is 17.9 Å². The van der Waals surface area contributed by atoms with Crippen molar-refractivity contribution in [1.29, 1.82) is 0 Å². The highest BCUT2D eigenvalue weighted by Gasteiger charge is 2.52. The molecule has 0 unspecified atom stereocenters. The smallest absolute Gasteiger partial charge is 0.279 e. The molecule has 2 atom stereocenters. The van der Waals surface area contributed by atoms with E-state index in [1.165, 1.54) is 0 Å². The first-order chi connectivity index (χ1) is 12.8. The second-order valence-corrected chi connectivity index (χ2v) is 8.96. The fraction of sp³-hybridized carbons (Fsp3) is 0.300. The summed E-state index contributed by atoms with van der Waals surface area (Å²) in [7, 11) is -3.84. The van der Waals surface area contributed by atoms with Gasteiger partial charge in [-0.15, -0.1) is 0 Å². The molecule has 0 amide bonds. The number of nitrogens with zero attached hydrogens (tertiary/aromatic N) is 2. The Morgan fingerprint density at radius 3 is 2.37 bits per heavy atom. The second-order valence-electron chi connectivity index (χ2n) is 7.12. The molecular formula is C20H20N2O4S. The van der Waals surface area contributed by atoms with Gasteiger partial charge in [0.15, 0.2) is 5.60 Å². The second kappa shape index (κ2) is 6.28. The van der Waals surface area contributed by atoms with Crippen molar-refractivity contribution < 1.29 is 17.9 Å². The van der Waals surface area contributed by atoms with E-state index in [1.807, 2.05) is 37.3 Å². The summed E-state index contributed by atoms with van der Waals surface area (Å²) in [4.78, 5) is 13.0. The van der Waals surface area contributed by atoms with Crippen molar-refractivity contribution in [3.63, 3.8) is 0 Å². The molecule has 0 spiro atoms. The van der Waals surface area contributed by atoms with E-state index < -0.39 is 21.5 Å². The van der Waals surface area contributed by atoms with Gasteiger partial charge in [0.2, 0.25) is 5.78 Å². The number of benzene rings is 2. The van der Waals surface area contributed by atoms with Gasteiger partial charge in [0.25, 0.3) is 10.0 Å². The van der Waals surface area contributed by atoms with E-state index in [4.69, 9.17) is 4.74 Å². The van der Waals surface area contributed by atoms with Crippen LogP contribution in [0.2, 0.25) is 0 Å². The predicted molar refractivity (Wildman–Crippen MR) is 101 cm³/mol. The fourth-order valence-corrected chi connectivity index (χ4v) is 4.38. The lowest BCUT2D eigenvalue weighted by Gasteiger charge is -2.17. The third-order valence-corrected chi connectivity index (χ3v) is 6.63. The minimum absolute atomic E-state index is 0.0946. The number of sulfonamides is 1. The molecule has 2 aromatic rings. The Labute approximate surface area is 158 Å². The first-order valence-corrected chi connectivity index (χ1v) is 10.2. The summed E-state index contributed by atoms with van der Waals surface area (Å²) in [6, 6.07) is 16.0. The number of ketones is 1. The number of hydrazone groups is 1. The molecule has 2 heterocycles. The molecular weight excluding hydrogens is 364 g/mol. The standard InChI is InChI=1S/C20H20N2O4S/c1-14-8-10-16(11-9-14)27(24,25)22-12-17(15-6-4-3-5-7-15)18(21-22)19(23)20(2)13-26-20/h3-11,17H,12-13H2,1-2H3/t17-,20+/m1/s1. The van der Waals surface area contributed by atoms with Crippen molar-refractivity contribution in [2.75, 3.05) is 13.2 Å². The van der Waals surface area contributed by atoms with Crippen LogP contribution in [-0.2, 0) is 19.6 Å². The Hall–Kier alpha value is -2.51. The van der Waals surface area contributed by atoms with Crippen LogP contribution in [0.3, 0.4) is 0 Å². The van der Waals surface area contributed by atoms with E-state index >= 15 is 0 Å². The minimum atomic E-state index is -3.84. The molecule has 0 N–H and O–H groups in total. The lowest BCUT2D eigenvalue weighted by Crippen LogP contribution is -2.32. The maximum atomic E-state index is 13.0. The van der Waals surface area contributed by atoms with E-state index in [2.05, 4.69) is 5.10 Å². The van der Waals surface area contributed by atoms with Crippen molar-refractivity contribution in [1.82, 2.24) is 4.41 Å². The molecule has 27 heavy (non-hydrogen) atoms. The Kier molecular flexibility index (Phi) is 4.16. The number of hydrogen-bond donors (Lipinski definition) is 0. The Bertz CT molecular complexity index is 1010. The van der Waals surface area contributed by atoms with Crippen LogP contribution in [0.15, 0.2) is 64.6 Å². The van der Waals surface area contributed by atoms with Crippen LogP contribution in [-0.4, -0.2) is 43.1 Å². The molecule has 0 aromatic heterocycles. The molecule has 0 bridgehead atoms. The Morgan fingerprint density at radius 2 is 1.78 bits per heavy atom. The average molecular weight is 384 g/mol. The number of aryl methyl sites for hydroxylation is 1. The number of rotatable bonds is 5. The number of epoxide rings is 1. The summed E-state index contributed by atoms with van der Waals surface area (Å²) in [5, 5.41) is 4.26. The maximum Gasteiger partial charge on any atom is 0.279 e. The van der Waals surface area contributed by atoms with Gasteiger partial charge in [-0.05, 0) is 31.5 Å². The molecule has 0 aliphatic carbocycles. The molecule has 6 nitrogen and oxygen atoms in total. The van der Waals surface area contributed by atoms with Crippen LogP contribution < -0.4 is 0 Å². The van der Waals surface area contributed by atoms with E-state index in [0.717, 1.165) is 15.5 Å². The van der Waals surface area contributed by atoms with Gasteiger partial charge >= 0.3 is 0 Å². The lowest BCUT2D eigenvalue weighted by atomic mass is 9.89. The Balaban J connectivity index is 1.73. The zero-order valence-corrected chi connectivity index (χ0v) is 15.9. The van der Waals surface area contributed by atoms with E-state index in [-0.39, 0.29) is 22.9 Å². The zero-order valence-electron chi connectivity index (χ0n) is 15.1. The first kappa shape index (κ1) is 17.9. The lowest BCUT2D eigenvalue weighted by molar-refractivity contribution is -0.117. The summed E-state index contributed by atoms with van der Waals surface area (Å²) in [6.07, 6.45) is 0. The third kappa shape index (κ3) is 3.17. The van der Waals surface area contributed by atoms with E-state index in [0.29, 0.717) is 6.61 Å². The first-order valence-electron chi connectivity index (χ1n) is 8.73. The van der Waals surface area contributed by atoms with Gasteiger partial charge in [0, 0.05) is 0 Å². The van der Waals surface area contributed by atoms with Gasteiger partial charge in [0.05, 0.1) is 24.0 Å². The number of Topliss-reactive ketones (excluding diaryl/α,β-unsaturated/α-hetero) is 1. The van der Waals surface area contributed by atoms with Crippen LogP contribution in [0.25, 0.3) is 0 Å². The van der Waals surface area contributed by atoms with E-state index in [9.17, 15) is 13.2 Å². The number of carbonyl (C=O) groups excluding carboxylic acids is 1. The summed E-state index contributed by atoms with van der Waals surface area (Å²) >= 11 is 0. The topological polar surface area (TPSA) is 79.3 Å². The Morgan fingerprint density at radius 1 is 1.15 bits per heavy atom. The molecule has 1 fully saturated rings. The third-order valence-electron chi connectivity index (χ3n) is 4.98. The van der Waals surface area contributed by atoms with Crippen LogP contribution >= 0.6 is 0 Å². The highest BCUT2D eigenvalue weighted by atomic mass is 32.2. The van der Waals surface area contributed by atoms with Crippen molar-refractivity contribution in [2.45, 2.75) is 30.3 Å². The van der Waals surface area contributed by atoms with Crippen molar-refractivity contribution in [2.24, 2.45) is 5.10 Å². The normalized spacial score (nSPS) is 24.6. The molecule has 0 radical (unpaired) electrons. The molecule has 2 aliphatic heterocycles. The fourth-order valence-electron chi connectivity index (χ4n) is 3.12. The van der Waals surface area contributed by atoms with Gasteiger partial charge < -0.3 is 4.74 Å². The van der Waals surface area contributed by atoms with Crippen LogP contribution in [0, 0.1) is 6.92 Å². The summed E-state index contributed by atoms with van der Waals surface area (Å²) < 4.78 is 32.4. The van der Waals surface area contributed by atoms with Gasteiger partial charge in [-0.1, -0.05) is 48.0 Å². The molecule has 2 aliphatic rings. The maximum absolute atomic E-state index is 13.0. The highest BCUT2D eigenvalue weighted by molar-refractivity contribution is 7.89. The van der Waals surface area contributed by atoms with Crippen LogP contribution in [0.4, 0.5) is 0 Å². The number of hydrogen-bond acceptors (Lipinski definition) is 5. The molecule has 2 aromatic carbocycles. The average Bonchev–Trinajstić information content (AvgIpc) is 3.26. The monoisotopic (exact) mass is 384 g/mol. The van der Waals surface area contributed by atoms with Gasteiger partial charge in [-0.25, -0.2) is 0 Å². The van der Waals surface area contributed by atoms with E-state index in [1.54, 1.807) is 31.2 Å². The number of carbonyl (C=O) groups is 1. The summed E-state index contributed by atoms with van der Waals surface area (Å²) in [5.74, 6) is -0.669. The zero-order chi connectivity index (χ0) is 19.2. The van der Waals surface area contributed by atoms with Gasteiger partial charge in [-0.3, -0.25) is 4.79 Å². The molecule has 7 heteroatoms. The van der Waals surface area contributed by atoms with Crippen LogP contribution in [0.1, 0.15) is 24.0 Å². The summed E-state index contributed by atoms with van der Waals surface area (Å²) in [5.41, 5.74) is 1.17. The SMILES string of the molecule is Cc1ccc(S(=O)(=O)N2C[C@H](c3ccccc3)C(C(=O)[C@]3(C)CO3)=N2)cc1. The molecule has 140 valence electrons. The quantitative estimate of drug-likeness (QED) is 0.742. The predicted octanol–water partition coefficient (Wildman–Crippen LogP) is 2.50.